The maximum atomic E-state index is 11.5. The first-order valence-electron chi connectivity index (χ1n) is 6.60. The Balaban J connectivity index is 1.54. The van der Waals surface area contributed by atoms with E-state index in [4.69, 9.17) is 0 Å². The SMILES string of the molecule is O=C(NCCN1CCCCC1)NCc1ccsc1. The molecule has 0 aromatic carbocycles. The van der Waals surface area contributed by atoms with Crippen molar-refractivity contribution in [1.29, 1.82) is 0 Å². The monoisotopic (exact) mass is 267 g/mol. The number of nitrogens with one attached hydrogen (secondary N) is 2. The quantitative estimate of drug-likeness (QED) is 0.857. The van der Waals surface area contributed by atoms with Crippen LogP contribution >= 0.6 is 11.3 Å². The molecule has 5 heteroatoms. The molecule has 18 heavy (non-hydrogen) atoms. The smallest absolute Gasteiger partial charge is 0.315 e. The zero-order valence-electron chi connectivity index (χ0n) is 10.7. The number of nitrogens with zero attached hydrogens (tertiary/aromatic N) is 1. The van der Waals surface area contributed by atoms with Gasteiger partial charge in [0, 0.05) is 19.6 Å². The van der Waals surface area contributed by atoms with Crippen LogP contribution in [-0.4, -0.2) is 37.1 Å². The number of likely N-dealkylation sites (tertiary alicyclic amines) is 1. The van der Waals surface area contributed by atoms with Crippen molar-refractivity contribution in [1.82, 2.24) is 15.5 Å². The summed E-state index contributed by atoms with van der Waals surface area (Å²) in [6, 6.07) is 1.96. The lowest BCUT2D eigenvalue weighted by Gasteiger charge is -2.26. The molecule has 0 bridgehead atoms. The Morgan fingerprint density at radius 1 is 1.28 bits per heavy atom. The maximum absolute atomic E-state index is 11.5. The first-order chi connectivity index (χ1) is 8.84. The Bertz CT molecular complexity index is 347. The molecule has 1 aromatic rings. The minimum atomic E-state index is -0.0711. The largest absolute Gasteiger partial charge is 0.337 e. The fourth-order valence-electron chi connectivity index (χ4n) is 2.15. The predicted octanol–water partition coefficient (Wildman–Crippen LogP) is 2.03. The van der Waals surface area contributed by atoms with Crippen LogP contribution < -0.4 is 10.6 Å². The second kappa shape index (κ2) is 7.38. The number of hydrogen-bond donors (Lipinski definition) is 2. The van der Waals surface area contributed by atoms with E-state index in [0.29, 0.717) is 6.54 Å². The van der Waals surface area contributed by atoms with Gasteiger partial charge in [-0.1, -0.05) is 6.42 Å². The van der Waals surface area contributed by atoms with Gasteiger partial charge >= 0.3 is 6.03 Å². The lowest BCUT2D eigenvalue weighted by Crippen LogP contribution is -2.41. The summed E-state index contributed by atoms with van der Waals surface area (Å²) >= 11 is 1.65. The zero-order valence-corrected chi connectivity index (χ0v) is 11.5. The topological polar surface area (TPSA) is 44.4 Å². The second-order valence-electron chi connectivity index (χ2n) is 4.64. The predicted molar refractivity (Wildman–Crippen MR) is 74.8 cm³/mol. The second-order valence-corrected chi connectivity index (χ2v) is 5.42. The maximum Gasteiger partial charge on any atom is 0.315 e. The van der Waals surface area contributed by atoms with Gasteiger partial charge in [0.25, 0.3) is 0 Å². The van der Waals surface area contributed by atoms with E-state index >= 15 is 0 Å². The van der Waals surface area contributed by atoms with Crippen molar-refractivity contribution in [2.24, 2.45) is 0 Å². The molecule has 0 saturated carbocycles. The van der Waals surface area contributed by atoms with Crippen LogP contribution in [0.25, 0.3) is 0 Å². The normalized spacial score (nSPS) is 16.4. The van der Waals surface area contributed by atoms with Crippen LogP contribution in [0, 0.1) is 0 Å². The molecule has 0 radical (unpaired) electrons. The van der Waals surface area contributed by atoms with Gasteiger partial charge < -0.3 is 15.5 Å². The molecule has 2 amide bonds. The Morgan fingerprint density at radius 2 is 2.11 bits per heavy atom. The molecule has 2 rings (SSSR count). The van der Waals surface area contributed by atoms with E-state index < -0.39 is 0 Å². The molecular formula is C13H21N3OS. The molecule has 1 saturated heterocycles. The molecule has 1 aliphatic rings. The van der Waals surface area contributed by atoms with E-state index in [-0.39, 0.29) is 6.03 Å². The van der Waals surface area contributed by atoms with Gasteiger partial charge in [0.05, 0.1) is 0 Å². The number of carbonyl (C=O) groups excluding carboxylic acids is 1. The third-order valence-corrected chi connectivity index (χ3v) is 3.93. The van der Waals surface area contributed by atoms with Gasteiger partial charge in [-0.25, -0.2) is 4.79 Å². The summed E-state index contributed by atoms with van der Waals surface area (Å²) in [6.07, 6.45) is 3.94. The van der Waals surface area contributed by atoms with Gasteiger partial charge in [0.2, 0.25) is 0 Å². The van der Waals surface area contributed by atoms with E-state index in [9.17, 15) is 4.79 Å². The van der Waals surface area contributed by atoms with Gasteiger partial charge in [-0.3, -0.25) is 0 Å². The van der Waals surface area contributed by atoms with Gasteiger partial charge in [-0.2, -0.15) is 11.3 Å². The molecule has 1 fully saturated rings. The lowest BCUT2D eigenvalue weighted by molar-refractivity contribution is 0.220. The van der Waals surface area contributed by atoms with Crippen LogP contribution in [0.15, 0.2) is 16.8 Å². The lowest BCUT2D eigenvalue weighted by atomic mass is 10.1. The number of amides is 2. The van der Waals surface area contributed by atoms with Crippen molar-refractivity contribution in [3.05, 3.63) is 22.4 Å². The Hall–Kier alpha value is -1.07. The van der Waals surface area contributed by atoms with E-state index in [1.807, 2.05) is 16.8 Å². The highest BCUT2D eigenvalue weighted by Crippen LogP contribution is 2.07. The molecule has 2 heterocycles. The van der Waals surface area contributed by atoms with Crippen molar-refractivity contribution in [2.75, 3.05) is 26.2 Å². The highest BCUT2D eigenvalue weighted by Gasteiger charge is 2.09. The van der Waals surface area contributed by atoms with Gasteiger partial charge in [0.15, 0.2) is 0 Å². The first-order valence-corrected chi connectivity index (χ1v) is 7.54. The van der Waals surface area contributed by atoms with E-state index in [1.165, 1.54) is 32.4 Å². The minimum absolute atomic E-state index is 0.0711. The summed E-state index contributed by atoms with van der Waals surface area (Å²) < 4.78 is 0. The number of carbonyl (C=O) groups is 1. The molecule has 2 N–H and O–H groups in total. The molecule has 100 valence electrons. The summed E-state index contributed by atoms with van der Waals surface area (Å²) in [7, 11) is 0. The highest BCUT2D eigenvalue weighted by atomic mass is 32.1. The van der Waals surface area contributed by atoms with Crippen molar-refractivity contribution < 1.29 is 4.79 Å². The summed E-state index contributed by atoms with van der Waals surface area (Å²) in [4.78, 5) is 14.0. The fraction of sp³-hybridized carbons (Fsp3) is 0.615. The van der Waals surface area contributed by atoms with Crippen molar-refractivity contribution in [2.45, 2.75) is 25.8 Å². The summed E-state index contributed by atoms with van der Waals surface area (Å²) in [5, 5.41) is 9.83. The van der Waals surface area contributed by atoms with E-state index in [1.54, 1.807) is 11.3 Å². The van der Waals surface area contributed by atoms with Crippen LogP contribution in [-0.2, 0) is 6.54 Å². The average Bonchev–Trinajstić information content (AvgIpc) is 2.91. The zero-order chi connectivity index (χ0) is 12.6. The first kappa shape index (κ1) is 13.4. The Kier molecular flexibility index (Phi) is 5.48. The number of piperidine rings is 1. The van der Waals surface area contributed by atoms with E-state index in [0.717, 1.165) is 18.7 Å². The Morgan fingerprint density at radius 3 is 2.83 bits per heavy atom. The summed E-state index contributed by atoms with van der Waals surface area (Å²) in [5.41, 5.74) is 1.16. The van der Waals surface area contributed by atoms with Gasteiger partial charge in [0.1, 0.15) is 0 Å². The number of rotatable bonds is 5. The molecule has 1 aromatic heterocycles. The number of thiophene rings is 1. The molecule has 0 unspecified atom stereocenters. The standard InChI is InChI=1S/C13H21N3OS/c17-13(15-10-12-4-9-18-11-12)14-5-8-16-6-2-1-3-7-16/h4,9,11H,1-3,5-8,10H2,(H2,14,15,17). The van der Waals surface area contributed by atoms with Crippen molar-refractivity contribution >= 4 is 17.4 Å². The van der Waals surface area contributed by atoms with Crippen LogP contribution in [0.3, 0.4) is 0 Å². The molecule has 0 aliphatic carbocycles. The van der Waals surface area contributed by atoms with Crippen LogP contribution in [0.2, 0.25) is 0 Å². The molecule has 4 nitrogen and oxygen atoms in total. The number of hydrogen-bond acceptors (Lipinski definition) is 3. The fourth-order valence-corrected chi connectivity index (χ4v) is 2.82. The van der Waals surface area contributed by atoms with Gasteiger partial charge in [-0.15, -0.1) is 0 Å². The molecule has 1 aliphatic heterocycles. The van der Waals surface area contributed by atoms with Crippen LogP contribution in [0.5, 0.6) is 0 Å². The number of urea groups is 1. The third kappa shape index (κ3) is 4.66. The molecule has 0 atom stereocenters. The minimum Gasteiger partial charge on any atom is -0.337 e. The summed E-state index contributed by atoms with van der Waals surface area (Å²) in [5.74, 6) is 0. The summed E-state index contributed by atoms with van der Waals surface area (Å²) in [6.45, 7) is 4.66. The van der Waals surface area contributed by atoms with Crippen LogP contribution in [0.1, 0.15) is 24.8 Å². The van der Waals surface area contributed by atoms with Crippen LogP contribution in [0.4, 0.5) is 4.79 Å². The molecule has 0 spiro atoms. The third-order valence-electron chi connectivity index (χ3n) is 3.20. The van der Waals surface area contributed by atoms with Crippen molar-refractivity contribution in [3.63, 3.8) is 0 Å². The average molecular weight is 267 g/mol. The van der Waals surface area contributed by atoms with Gasteiger partial charge in [-0.05, 0) is 48.3 Å². The molecular weight excluding hydrogens is 246 g/mol. The highest BCUT2D eigenvalue weighted by molar-refractivity contribution is 7.07. The van der Waals surface area contributed by atoms with E-state index in [2.05, 4.69) is 15.5 Å². The Labute approximate surface area is 112 Å². The van der Waals surface area contributed by atoms with Crippen molar-refractivity contribution in [3.8, 4) is 0 Å².